The molecule has 0 radical (unpaired) electrons. The van der Waals surface area contributed by atoms with E-state index in [1.54, 1.807) is 12.4 Å². The van der Waals surface area contributed by atoms with Gasteiger partial charge in [-0.3, -0.25) is 9.67 Å². The second-order valence-corrected chi connectivity index (χ2v) is 5.79. The molecule has 0 saturated heterocycles. The first kappa shape index (κ1) is 16.0. The van der Waals surface area contributed by atoms with Crippen molar-refractivity contribution in [2.24, 2.45) is 7.05 Å². The largest absolute Gasteiger partial charge is 0.310 e. The minimum absolute atomic E-state index is 0.221. The molecule has 5 heteroatoms. The fourth-order valence-corrected chi connectivity index (χ4v) is 2.88. The van der Waals surface area contributed by atoms with Gasteiger partial charge in [-0.05, 0) is 44.9 Å². The second kappa shape index (κ2) is 7.05. The van der Waals surface area contributed by atoms with Gasteiger partial charge in [0.15, 0.2) is 0 Å². The van der Waals surface area contributed by atoms with Gasteiger partial charge in [0, 0.05) is 36.7 Å². The number of hydrogen-bond donors (Lipinski definition) is 1. The van der Waals surface area contributed by atoms with Crippen molar-refractivity contribution in [2.75, 3.05) is 6.54 Å². The number of rotatable bonds is 6. The molecule has 0 saturated carbocycles. The molecule has 2 heterocycles. The van der Waals surface area contributed by atoms with E-state index < -0.39 is 0 Å². The monoisotopic (exact) mass is 306 g/mol. The van der Waals surface area contributed by atoms with Crippen LogP contribution in [0.25, 0.3) is 0 Å². The average molecular weight is 307 g/mol. The summed E-state index contributed by atoms with van der Waals surface area (Å²) in [5.41, 5.74) is 4.67. The van der Waals surface area contributed by atoms with E-state index in [2.05, 4.69) is 36.2 Å². The topological polar surface area (TPSA) is 42.7 Å². The number of nitrogens with zero attached hydrogens (tertiary/aromatic N) is 3. The zero-order valence-electron chi connectivity index (χ0n) is 13.2. The van der Waals surface area contributed by atoms with Gasteiger partial charge >= 0.3 is 0 Å². The van der Waals surface area contributed by atoms with Gasteiger partial charge in [0.05, 0.1) is 10.7 Å². The van der Waals surface area contributed by atoms with Crippen LogP contribution in [0.5, 0.6) is 0 Å². The first-order valence-electron chi connectivity index (χ1n) is 7.36. The third-order valence-electron chi connectivity index (χ3n) is 3.83. The van der Waals surface area contributed by atoms with E-state index in [0.29, 0.717) is 0 Å². The SMILES string of the molecule is CCCNC(Cc1ccncc1Cl)c1c(C)nn(C)c1C. The van der Waals surface area contributed by atoms with Crippen molar-refractivity contribution in [3.8, 4) is 0 Å². The molecule has 21 heavy (non-hydrogen) atoms. The number of nitrogens with one attached hydrogen (secondary N) is 1. The van der Waals surface area contributed by atoms with Gasteiger partial charge in [0.2, 0.25) is 0 Å². The lowest BCUT2D eigenvalue weighted by Gasteiger charge is -2.20. The van der Waals surface area contributed by atoms with Crippen molar-refractivity contribution in [1.29, 1.82) is 0 Å². The Hall–Kier alpha value is -1.39. The Morgan fingerprint density at radius 1 is 1.38 bits per heavy atom. The summed E-state index contributed by atoms with van der Waals surface area (Å²) < 4.78 is 1.94. The van der Waals surface area contributed by atoms with Gasteiger partial charge in [0.1, 0.15) is 0 Å². The fraction of sp³-hybridized carbons (Fsp3) is 0.500. The van der Waals surface area contributed by atoms with Crippen molar-refractivity contribution < 1.29 is 0 Å². The Morgan fingerprint density at radius 2 is 2.14 bits per heavy atom. The van der Waals surface area contributed by atoms with Crippen molar-refractivity contribution in [2.45, 2.75) is 39.7 Å². The maximum absolute atomic E-state index is 6.26. The molecule has 2 rings (SSSR count). The second-order valence-electron chi connectivity index (χ2n) is 5.39. The molecule has 2 aromatic rings. The molecule has 0 spiro atoms. The molecule has 1 atom stereocenters. The lowest BCUT2D eigenvalue weighted by molar-refractivity contribution is 0.524. The van der Waals surface area contributed by atoms with E-state index in [-0.39, 0.29) is 6.04 Å². The number of halogens is 1. The molecular weight excluding hydrogens is 284 g/mol. The minimum atomic E-state index is 0.221. The Morgan fingerprint density at radius 3 is 2.71 bits per heavy atom. The Kier molecular flexibility index (Phi) is 5.37. The van der Waals surface area contributed by atoms with Gasteiger partial charge in [0.25, 0.3) is 0 Å². The van der Waals surface area contributed by atoms with E-state index >= 15 is 0 Å². The zero-order chi connectivity index (χ0) is 15.4. The summed E-state index contributed by atoms with van der Waals surface area (Å²) in [7, 11) is 1.99. The fourth-order valence-electron chi connectivity index (χ4n) is 2.68. The predicted octanol–water partition coefficient (Wildman–Crippen LogP) is 3.37. The van der Waals surface area contributed by atoms with Crippen LogP contribution in [0.1, 0.15) is 41.9 Å². The van der Waals surface area contributed by atoms with Gasteiger partial charge in [-0.25, -0.2) is 0 Å². The van der Waals surface area contributed by atoms with Crippen LogP contribution in [0.3, 0.4) is 0 Å². The average Bonchev–Trinajstić information content (AvgIpc) is 2.71. The summed E-state index contributed by atoms with van der Waals surface area (Å²) in [5.74, 6) is 0. The van der Waals surface area contributed by atoms with Crippen LogP contribution in [0.4, 0.5) is 0 Å². The third kappa shape index (κ3) is 3.63. The highest BCUT2D eigenvalue weighted by Gasteiger charge is 2.20. The van der Waals surface area contributed by atoms with Crippen molar-refractivity contribution in [3.63, 3.8) is 0 Å². The molecule has 0 aromatic carbocycles. The van der Waals surface area contributed by atoms with Crippen molar-refractivity contribution >= 4 is 11.6 Å². The van der Waals surface area contributed by atoms with Crippen LogP contribution < -0.4 is 5.32 Å². The molecule has 0 aliphatic heterocycles. The molecular formula is C16H23ClN4. The van der Waals surface area contributed by atoms with Gasteiger partial charge in [-0.1, -0.05) is 18.5 Å². The molecule has 1 N–H and O–H groups in total. The number of hydrogen-bond acceptors (Lipinski definition) is 3. The molecule has 0 aliphatic rings. The first-order chi connectivity index (χ1) is 10.0. The molecule has 0 fully saturated rings. The van der Waals surface area contributed by atoms with Gasteiger partial charge < -0.3 is 5.32 Å². The third-order valence-corrected chi connectivity index (χ3v) is 4.17. The number of pyridine rings is 1. The maximum Gasteiger partial charge on any atom is 0.0644 e. The van der Waals surface area contributed by atoms with Crippen LogP contribution in [-0.2, 0) is 13.5 Å². The van der Waals surface area contributed by atoms with E-state index in [4.69, 9.17) is 11.6 Å². The maximum atomic E-state index is 6.26. The molecule has 0 amide bonds. The smallest absolute Gasteiger partial charge is 0.0644 e. The van der Waals surface area contributed by atoms with Crippen LogP contribution in [0.15, 0.2) is 18.5 Å². The van der Waals surface area contributed by atoms with E-state index in [9.17, 15) is 0 Å². The lowest BCUT2D eigenvalue weighted by atomic mass is 9.97. The molecule has 4 nitrogen and oxygen atoms in total. The molecule has 2 aromatic heterocycles. The minimum Gasteiger partial charge on any atom is -0.310 e. The molecule has 0 bridgehead atoms. The zero-order valence-corrected chi connectivity index (χ0v) is 13.9. The van der Waals surface area contributed by atoms with Crippen LogP contribution in [0.2, 0.25) is 5.02 Å². The summed E-state index contributed by atoms with van der Waals surface area (Å²) in [4.78, 5) is 4.06. The number of aromatic nitrogens is 3. The van der Waals surface area contributed by atoms with E-state index in [0.717, 1.165) is 35.7 Å². The number of aryl methyl sites for hydroxylation is 2. The van der Waals surface area contributed by atoms with Gasteiger partial charge in [-0.15, -0.1) is 0 Å². The summed E-state index contributed by atoms with van der Waals surface area (Å²) in [6.45, 7) is 7.33. The molecule has 114 valence electrons. The Bertz CT molecular complexity index is 606. The highest BCUT2D eigenvalue weighted by molar-refractivity contribution is 6.31. The molecule has 1 unspecified atom stereocenters. The van der Waals surface area contributed by atoms with Gasteiger partial charge in [-0.2, -0.15) is 5.10 Å². The highest BCUT2D eigenvalue weighted by Crippen LogP contribution is 2.27. The first-order valence-corrected chi connectivity index (χ1v) is 7.74. The Labute approximate surface area is 131 Å². The highest BCUT2D eigenvalue weighted by atomic mass is 35.5. The molecule has 0 aliphatic carbocycles. The standard InChI is InChI=1S/C16H23ClN4/c1-5-7-19-15(9-13-6-8-18-10-14(13)17)16-11(2)20-21(4)12(16)3/h6,8,10,15,19H,5,7,9H2,1-4H3. The summed E-state index contributed by atoms with van der Waals surface area (Å²) in [6, 6.07) is 2.21. The van der Waals surface area contributed by atoms with E-state index in [1.165, 1.54) is 11.3 Å². The normalized spacial score (nSPS) is 12.6. The van der Waals surface area contributed by atoms with Crippen LogP contribution in [-0.4, -0.2) is 21.3 Å². The Balaban J connectivity index is 2.32. The summed E-state index contributed by atoms with van der Waals surface area (Å²) >= 11 is 6.26. The lowest BCUT2D eigenvalue weighted by Crippen LogP contribution is -2.25. The van der Waals surface area contributed by atoms with E-state index in [1.807, 2.05) is 17.8 Å². The van der Waals surface area contributed by atoms with Crippen LogP contribution >= 0.6 is 11.6 Å². The predicted molar refractivity (Wildman–Crippen MR) is 86.7 cm³/mol. The summed E-state index contributed by atoms with van der Waals surface area (Å²) in [5, 5.41) is 8.88. The quantitative estimate of drug-likeness (QED) is 0.890. The summed E-state index contributed by atoms with van der Waals surface area (Å²) in [6.07, 6.45) is 5.44. The van der Waals surface area contributed by atoms with Crippen LogP contribution in [0, 0.1) is 13.8 Å². The van der Waals surface area contributed by atoms with Crippen molar-refractivity contribution in [1.82, 2.24) is 20.1 Å². The van der Waals surface area contributed by atoms with Crippen molar-refractivity contribution in [3.05, 3.63) is 46.0 Å².